The third-order valence-electron chi connectivity index (χ3n) is 3.91. The van der Waals surface area contributed by atoms with Crippen molar-refractivity contribution < 1.29 is 26.4 Å². The average Bonchev–Trinajstić information content (AvgIpc) is 2.91. The third-order valence-corrected chi connectivity index (χ3v) is 5.75. The molecule has 1 atom stereocenters. The van der Waals surface area contributed by atoms with Crippen LogP contribution in [-0.2, 0) is 14.8 Å². The Kier molecular flexibility index (Phi) is 5.00. The first kappa shape index (κ1) is 17.7. The molecule has 0 saturated carbocycles. The second kappa shape index (κ2) is 6.48. The van der Waals surface area contributed by atoms with E-state index in [1.54, 1.807) is 4.90 Å². The van der Waals surface area contributed by atoms with E-state index in [-0.39, 0.29) is 24.4 Å². The minimum atomic E-state index is -4.29. The number of sulfonamides is 1. The predicted molar refractivity (Wildman–Crippen MR) is 76.5 cm³/mol. The Morgan fingerprint density at radius 2 is 1.87 bits per heavy atom. The number of rotatable bonds is 4. The number of carbonyl (C=O) groups is 1. The number of likely N-dealkylation sites (tertiary alicyclic amines) is 1. The summed E-state index contributed by atoms with van der Waals surface area (Å²) in [6.07, 6.45) is 0.625. The summed E-state index contributed by atoms with van der Waals surface area (Å²) in [6, 6.07) is 0.552. The molecule has 0 spiro atoms. The van der Waals surface area contributed by atoms with Crippen LogP contribution in [0.4, 0.5) is 13.2 Å². The molecule has 0 N–H and O–H groups in total. The molecular weight excluding hydrogens is 333 g/mol. The Hall–Kier alpha value is -1.61. The summed E-state index contributed by atoms with van der Waals surface area (Å²) >= 11 is 0. The highest BCUT2D eigenvalue weighted by molar-refractivity contribution is 7.89. The summed E-state index contributed by atoms with van der Waals surface area (Å²) < 4.78 is 65.4. The lowest BCUT2D eigenvalue weighted by atomic mass is 10.1. The zero-order valence-electron chi connectivity index (χ0n) is 12.7. The van der Waals surface area contributed by atoms with Gasteiger partial charge >= 0.3 is 0 Å². The molecule has 0 bridgehead atoms. The van der Waals surface area contributed by atoms with Gasteiger partial charge in [-0.15, -0.1) is 0 Å². The maximum atomic E-state index is 13.7. The molecule has 5 nitrogen and oxygen atoms in total. The molecular formula is C14H17F3N2O3S. The lowest BCUT2D eigenvalue weighted by molar-refractivity contribution is -0.127. The van der Waals surface area contributed by atoms with E-state index in [1.165, 1.54) is 14.0 Å². The molecule has 1 saturated heterocycles. The molecule has 1 aromatic carbocycles. The first-order chi connectivity index (χ1) is 10.6. The summed E-state index contributed by atoms with van der Waals surface area (Å²) in [6.45, 7) is 2.44. The fraction of sp³-hybridized carbons (Fsp3) is 0.500. The van der Waals surface area contributed by atoms with Crippen LogP contribution in [0.15, 0.2) is 17.0 Å². The Labute approximate surface area is 132 Å². The summed E-state index contributed by atoms with van der Waals surface area (Å²) in [5, 5.41) is 0. The summed E-state index contributed by atoms with van der Waals surface area (Å²) in [7, 11) is -3.04. The van der Waals surface area contributed by atoms with Gasteiger partial charge < -0.3 is 4.90 Å². The molecule has 1 aromatic rings. The number of nitrogens with zero attached hydrogens (tertiary/aromatic N) is 2. The second-order valence-electron chi connectivity index (χ2n) is 5.60. The van der Waals surface area contributed by atoms with Crippen molar-refractivity contribution in [3.8, 4) is 0 Å². The molecule has 0 aliphatic carbocycles. The number of amides is 1. The van der Waals surface area contributed by atoms with Crippen LogP contribution in [0.25, 0.3) is 0 Å². The topological polar surface area (TPSA) is 57.7 Å². The highest BCUT2D eigenvalue weighted by atomic mass is 32.2. The van der Waals surface area contributed by atoms with Gasteiger partial charge in [0.2, 0.25) is 15.9 Å². The van der Waals surface area contributed by atoms with Crippen LogP contribution in [0.3, 0.4) is 0 Å². The van der Waals surface area contributed by atoms with Gasteiger partial charge in [-0.25, -0.2) is 25.9 Å². The highest BCUT2D eigenvalue weighted by Gasteiger charge is 2.31. The predicted octanol–water partition coefficient (Wildman–Crippen LogP) is 1.59. The quantitative estimate of drug-likeness (QED) is 0.775. The van der Waals surface area contributed by atoms with Crippen LogP contribution < -0.4 is 0 Å². The van der Waals surface area contributed by atoms with E-state index in [2.05, 4.69) is 0 Å². The van der Waals surface area contributed by atoms with Crippen molar-refractivity contribution in [3.63, 3.8) is 0 Å². The van der Waals surface area contributed by atoms with Crippen LogP contribution >= 0.6 is 0 Å². The smallest absolute Gasteiger partial charge is 0.245 e. The van der Waals surface area contributed by atoms with Crippen molar-refractivity contribution >= 4 is 15.9 Å². The van der Waals surface area contributed by atoms with Crippen LogP contribution in [-0.4, -0.2) is 50.2 Å². The molecule has 1 heterocycles. The SMILES string of the molecule is CC(=O)N1CCC(CN(C)S(=O)(=O)c2cc(F)c(F)cc2F)C1. The van der Waals surface area contributed by atoms with E-state index < -0.39 is 32.4 Å². The maximum Gasteiger partial charge on any atom is 0.245 e. The zero-order valence-corrected chi connectivity index (χ0v) is 13.5. The highest BCUT2D eigenvalue weighted by Crippen LogP contribution is 2.24. The number of halogens is 3. The van der Waals surface area contributed by atoms with Gasteiger partial charge in [-0.2, -0.15) is 0 Å². The van der Waals surface area contributed by atoms with Crippen molar-refractivity contribution in [2.45, 2.75) is 18.2 Å². The summed E-state index contributed by atoms with van der Waals surface area (Å²) in [5.41, 5.74) is 0. The van der Waals surface area contributed by atoms with E-state index in [4.69, 9.17) is 0 Å². The second-order valence-corrected chi connectivity index (χ2v) is 7.62. The van der Waals surface area contributed by atoms with E-state index in [1.807, 2.05) is 0 Å². The minimum Gasteiger partial charge on any atom is -0.343 e. The van der Waals surface area contributed by atoms with E-state index >= 15 is 0 Å². The standard InChI is InChI=1S/C14H17F3N2O3S/c1-9(20)19-4-3-10(8-19)7-18(2)23(21,22)14-6-12(16)11(15)5-13(14)17/h5-6,10H,3-4,7-8H2,1-2H3. The van der Waals surface area contributed by atoms with Crippen molar-refractivity contribution in [3.05, 3.63) is 29.6 Å². The van der Waals surface area contributed by atoms with Gasteiger partial charge in [0.25, 0.3) is 0 Å². The van der Waals surface area contributed by atoms with Crippen LogP contribution in [0, 0.1) is 23.4 Å². The van der Waals surface area contributed by atoms with Gasteiger partial charge in [0.05, 0.1) is 0 Å². The Bertz CT molecular complexity index is 724. The van der Waals surface area contributed by atoms with Gasteiger partial charge in [0, 0.05) is 39.7 Å². The largest absolute Gasteiger partial charge is 0.343 e. The van der Waals surface area contributed by atoms with E-state index in [9.17, 15) is 26.4 Å². The molecule has 1 amide bonds. The molecule has 9 heteroatoms. The fourth-order valence-corrected chi connectivity index (χ4v) is 3.90. The number of hydrogen-bond acceptors (Lipinski definition) is 3. The Morgan fingerprint density at radius 1 is 1.26 bits per heavy atom. The Balaban J connectivity index is 2.17. The van der Waals surface area contributed by atoms with Gasteiger partial charge in [-0.1, -0.05) is 0 Å². The maximum absolute atomic E-state index is 13.7. The Morgan fingerprint density at radius 3 is 2.43 bits per heavy atom. The van der Waals surface area contributed by atoms with Gasteiger partial charge in [-0.05, 0) is 18.4 Å². The molecule has 0 aromatic heterocycles. The average molecular weight is 350 g/mol. The van der Waals surface area contributed by atoms with E-state index in [0.29, 0.717) is 25.6 Å². The molecule has 128 valence electrons. The lowest BCUT2D eigenvalue weighted by Gasteiger charge is -2.21. The summed E-state index contributed by atoms with van der Waals surface area (Å²) in [4.78, 5) is 12.0. The number of carbonyl (C=O) groups excluding carboxylic acids is 1. The van der Waals surface area contributed by atoms with Crippen molar-refractivity contribution in [1.29, 1.82) is 0 Å². The van der Waals surface area contributed by atoms with E-state index in [0.717, 1.165) is 4.31 Å². The molecule has 1 unspecified atom stereocenters. The van der Waals surface area contributed by atoms with Gasteiger partial charge in [-0.3, -0.25) is 4.79 Å². The molecule has 0 radical (unpaired) electrons. The van der Waals surface area contributed by atoms with Crippen molar-refractivity contribution in [2.24, 2.45) is 5.92 Å². The van der Waals surface area contributed by atoms with Crippen molar-refractivity contribution in [1.82, 2.24) is 9.21 Å². The van der Waals surface area contributed by atoms with Crippen LogP contribution in [0.1, 0.15) is 13.3 Å². The first-order valence-electron chi connectivity index (χ1n) is 6.99. The molecule has 23 heavy (non-hydrogen) atoms. The van der Waals surface area contributed by atoms with Crippen LogP contribution in [0.2, 0.25) is 0 Å². The molecule has 1 aliphatic rings. The monoisotopic (exact) mass is 350 g/mol. The summed E-state index contributed by atoms with van der Waals surface area (Å²) in [5.74, 6) is -4.40. The van der Waals surface area contributed by atoms with Gasteiger partial charge in [0.1, 0.15) is 10.7 Å². The third kappa shape index (κ3) is 3.66. The fourth-order valence-electron chi connectivity index (χ4n) is 2.60. The van der Waals surface area contributed by atoms with Gasteiger partial charge in [0.15, 0.2) is 11.6 Å². The number of benzene rings is 1. The van der Waals surface area contributed by atoms with Crippen LogP contribution in [0.5, 0.6) is 0 Å². The normalized spacial score (nSPS) is 18.7. The lowest BCUT2D eigenvalue weighted by Crippen LogP contribution is -2.34. The molecule has 1 aliphatic heterocycles. The molecule has 1 fully saturated rings. The zero-order chi connectivity index (χ0) is 17.4. The number of hydrogen-bond donors (Lipinski definition) is 0. The minimum absolute atomic E-state index is 0.0601. The molecule has 2 rings (SSSR count). The first-order valence-corrected chi connectivity index (χ1v) is 8.43. The van der Waals surface area contributed by atoms with Crippen molar-refractivity contribution in [2.75, 3.05) is 26.7 Å².